The van der Waals surface area contributed by atoms with E-state index in [1.54, 1.807) is 7.11 Å². The highest BCUT2D eigenvalue weighted by Crippen LogP contribution is 2.25. The van der Waals surface area contributed by atoms with Gasteiger partial charge in [0, 0.05) is 12.6 Å². The zero-order chi connectivity index (χ0) is 14.4. The first-order valence-electron chi connectivity index (χ1n) is 7.16. The average Bonchev–Trinajstić information content (AvgIpc) is 3.01. The number of hydrogen-bond donors (Lipinski definition) is 0. The molecule has 110 valence electrons. The highest BCUT2D eigenvalue weighted by Gasteiger charge is 2.24. The number of rotatable bonds is 6. The van der Waals surface area contributed by atoms with Gasteiger partial charge in [-0.3, -0.25) is 9.69 Å². The monoisotopic (exact) mass is 277 g/mol. The normalized spacial score (nSPS) is 15.6. The Bertz CT molecular complexity index is 424. The van der Waals surface area contributed by atoms with Gasteiger partial charge in [0.15, 0.2) is 0 Å². The van der Waals surface area contributed by atoms with Crippen LogP contribution in [0.4, 0.5) is 0 Å². The average molecular weight is 277 g/mol. The SMILES string of the molecule is COC(=O)CN(Cc1ccc(OC)cc1)C1CCCC1. The van der Waals surface area contributed by atoms with Gasteiger partial charge in [-0.1, -0.05) is 25.0 Å². The molecule has 0 N–H and O–H groups in total. The van der Waals surface area contributed by atoms with Crippen molar-refractivity contribution in [3.63, 3.8) is 0 Å². The Labute approximate surface area is 120 Å². The summed E-state index contributed by atoms with van der Waals surface area (Å²) in [7, 11) is 3.11. The molecule has 0 radical (unpaired) electrons. The molecule has 1 fully saturated rings. The van der Waals surface area contributed by atoms with E-state index >= 15 is 0 Å². The first kappa shape index (κ1) is 14.9. The van der Waals surface area contributed by atoms with E-state index in [0.717, 1.165) is 12.3 Å². The van der Waals surface area contributed by atoms with Crippen molar-refractivity contribution in [3.8, 4) is 5.75 Å². The molecule has 0 aromatic heterocycles. The van der Waals surface area contributed by atoms with Gasteiger partial charge in [0.25, 0.3) is 0 Å². The molecule has 20 heavy (non-hydrogen) atoms. The Morgan fingerprint density at radius 1 is 1.20 bits per heavy atom. The standard InChI is InChI=1S/C16H23NO3/c1-19-15-9-7-13(8-10-15)11-17(12-16(18)20-2)14-5-3-4-6-14/h7-10,14H,3-6,11-12H2,1-2H3. The lowest BCUT2D eigenvalue weighted by Crippen LogP contribution is -2.37. The number of carbonyl (C=O) groups excluding carboxylic acids is 1. The van der Waals surface area contributed by atoms with E-state index in [1.165, 1.54) is 38.4 Å². The summed E-state index contributed by atoms with van der Waals surface area (Å²) in [6.07, 6.45) is 4.86. The minimum Gasteiger partial charge on any atom is -0.497 e. The number of methoxy groups -OCH3 is 2. The Hall–Kier alpha value is -1.55. The van der Waals surface area contributed by atoms with Gasteiger partial charge in [-0.25, -0.2) is 0 Å². The Morgan fingerprint density at radius 2 is 1.85 bits per heavy atom. The predicted octanol–water partition coefficient (Wildman–Crippen LogP) is 2.61. The van der Waals surface area contributed by atoms with Crippen molar-refractivity contribution >= 4 is 5.97 Å². The fourth-order valence-corrected chi connectivity index (χ4v) is 2.78. The fourth-order valence-electron chi connectivity index (χ4n) is 2.78. The fraction of sp³-hybridized carbons (Fsp3) is 0.562. The molecule has 4 nitrogen and oxygen atoms in total. The van der Waals surface area contributed by atoms with Crippen LogP contribution in [0.1, 0.15) is 31.2 Å². The topological polar surface area (TPSA) is 38.8 Å². The summed E-state index contributed by atoms with van der Waals surface area (Å²) in [5, 5.41) is 0. The molecule has 0 atom stereocenters. The van der Waals surface area contributed by atoms with Gasteiger partial charge < -0.3 is 9.47 Å². The van der Waals surface area contributed by atoms with Gasteiger partial charge in [0.1, 0.15) is 5.75 Å². The molecule has 1 aliphatic rings. The van der Waals surface area contributed by atoms with E-state index in [4.69, 9.17) is 9.47 Å². The Kier molecular flexibility index (Phi) is 5.41. The van der Waals surface area contributed by atoms with Crippen LogP contribution >= 0.6 is 0 Å². The second-order valence-electron chi connectivity index (χ2n) is 5.27. The zero-order valence-corrected chi connectivity index (χ0v) is 12.3. The van der Waals surface area contributed by atoms with Crippen LogP contribution in [0.2, 0.25) is 0 Å². The van der Waals surface area contributed by atoms with Gasteiger partial charge in [-0.05, 0) is 30.5 Å². The number of ether oxygens (including phenoxy) is 2. The number of hydrogen-bond acceptors (Lipinski definition) is 4. The molecule has 1 aliphatic carbocycles. The minimum atomic E-state index is -0.162. The van der Waals surface area contributed by atoms with Crippen molar-refractivity contribution in [3.05, 3.63) is 29.8 Å². The van der Waals surface area contributed by atoms with Crippen LogP contribution in [-0.2, 0) is 16.1 Å². The van der Waals surface area contributed by atoms with Crippen LogP contribution in [0.5, 0.6) is 5.75 Å². The lowest BCUT2D eigenvalue weighted by atomic mass is 10.1. The largest absolute Gasteiger partial charge is 0.497 e. The molecule has 0 unspecified atom stereocenters. The molecular formula is C16H23NO3. The van der Waals surface area contributed by atoms with Crippen LogP contribution in [0.15, 0.2) is 24.3 Å². The summed E-state index contributed by atoms with van der Waals surface area (Å²) < 4.78 is 9.98. The molecule has 0 heterocycles. The molecule has 2 rings (SSSR count). The van der Waals surface area contributed by atoms with Crippen LogP contribution in [0.25, 0.3) is 0 Å². The van der Waals surface area contributed by atoms with Crippen molar-refractivity contribution in [1.29, 1.82) is 0 Å². The third-order valence-corrected chi connectivity index (χ3v) is 3.95. The summed E-state index contributed by atoms with van der Waals surface area (Å²) in [6.45, 7) is 1.15. The minimum absolute atomic E-state index is 0.162. The van der Waals surface area contributed by atoms with Crippen molar-refractivity contribution in [2.75, 3.05) is 20.8 Å². The Morgan fingerprint density at radius 3 is 2.40 bits per heavy atom. The number of benzene rings is 1. The Balaban J connectivity index is 2.03. The molecular weight excluding hydrogens is 254 g/mol. The van der Waals surface area contributed by atoms with E-state index in [0.29, 0.717) is 12.6 Å². The second kappa shape index (κ2) is 7.29. The van der Waals surface area contributed by atoms with Crippen molar-refractivity contribution in [1.82, 2.24) is 4.90 Å². The number of nitrogens with zero attached hydrogens (tertiary/aromatic N) is 1. The van der Waals surface area contributed by atoms with Crippen LogP contribution in [0.3, 0.4) is 0 Å². The maximum absolute atomic E-state index is 11.6. The van der Waals surface area contributed by atoms with Crippen molar-refractivity contribution in [2.24, 2.45) is 0 Å². The molecule has 1 saturated carbocycles. The third-order valence-electron chi connectivity index (χ3n) is 3.95. The lowest BCUT2D eigenvalue weighted by Gasteiger charge is -2.27. The van der Waals surface area contributed by atoms with Crippen molar-refractivity contribution in [2.45, 2.75) is 38.3 Å². The maximum Gasteiger partial charge on any atom is 0.319 e. The summed E-state index contributed by atoms with van der Waals surface area (Å²) in [6, 6.07) is 8.52. The molecule has 1 aromatic rings. The van der Waals surface area contributed by atoms with Crippen LogP contribution < -0.4 is 4.74 Å². The highest BCUT2D eigenvalue weighted by atomic mass is 16.5. The summed E-state index contributed by atoms with van der Waals surface area (Å²) in [5.74, 6) is 0.694. The van der Waals surface area contributed by atoms with Gasteiger partial charge in [-0.15, -0.1) is 0 Å². The van der Waals surface area contributed by atoms with Gasteiger partial charge >= 0.3 is 5.97 Å². The molecule has 4 heteroatoms. The summed E-state index contributed by atoms with van der Waals surface area (Å²) >= 11 is 0. The lowest BCUT2D eigenvalue weighted by molar-refractivity contribution is -0.142. The zero-order valence-electron chi connectivity index (χ0n) is 12.3. The molecule has 0 amide bonds. The number of esters is 1. The highest BCUT2D eigenvalue weighted by molar-refractivity contribution is 5.71. The molecule has 0 saturated heterocycles. The number of carbonyl (C=O) groups is 1. The van der Waals surface area contributed by atoms with Crippen LogP contribution in [-0.4, -0.2) is 37.7 Å². The second-order valence-corrected chi connectivity index (χ2v) is 5.27. The van der Waals surface area contributed by atoms with Crippen LogP contribution in [0, 0.1) is 0 Å². The van der Waals surface area contributed by atoms with Gasteiger partial charge in [-0.2, -0.15) is 0 Å². The first-order chi connectivity index (χ1) is 9.72. The van der Waals surface area contributed by atoms with E-state index in [1.807, 2.05) is 12.1 Å². The van der Waals surface area contributed by atoms with Crippen molar-refractivity contribution < 1.29 is 14.3 Å². The van der Waals surface area contributed by atoms with Gasteiger partial charge in [0.2, 0.25) is 0 Å². The first-order valence-corrected chi connectivity index (χ1v) is 7.16. The summed E-state index contributed by atoms with van der Waals surface area (Å²) in [5.41, 5.74) is 1.20. The van der Waals surface area contributed by atoms with E-state index in [2.05, 4.69) is 17.0 Å². The molecule has 0 aliphatic heterocycles. The molecule has 0 bridgehead atoms. The third kappa shape index (κ3) is 3.97. The van der Waals surface area contributed by atoms with E-state index in [9.17, 15) is 4.79 Å². The van der Waals surface area contributed by atoms with E-state index in [-0.39, 0.29) is 5.97 Å². The van der Waals surface area contributed by atoms with E-state index < -0.39 is 0 Å². The van der Waals surface area contributed by atoms with Gasteiger partial charge in [0.05, 0.1) is 20.8 Å². The quantitative estimate of drug-likeness (QED) is 0.749. The smallest absolute Gasteiger partial charge is 0.319 e. The maximum atomic E-state index is 11.6. The summed E-state index contributed by atoms with van der Waals surface area (Å²) in [4.78, 5) is 13.8. The predicted molar refractivity (Wildman–Crippen MR) is 77.7 cm³/mol. The molecule has 0 spiro atoms. The molecule has 1 aromatic carbocycles.